The summed E-state index contributed by atoms with van der Waals surface area (Å²) in [5, 5.41) is 2.85. The van der Waals surface area contributed by atoms with Crippen molar-refractivity contribution >= 4 is 17.6 Å². The molecule has 0 heterocycles. The number of nitrogens with zero attached hydrogens (tertiary/aromatic N) is 1. The van der Waals surface area contributed by atoms with Gasteiger partial charge >= 0.3 is 5.97 Å². The van der Waals surface area contributed by atoms with Crippen molar-refractivity contribution in [3.05, 3.63) is 64.7 Å². The van der Waals surface area contributed by atoms with E-state index in [1.54, 1.807) is 12.1 Å². The van der Waals surface area contributed by atoms with Crippen molar-refractivity contribution in [3.63, 3.8) is 0 Å². The van der Waals surface area contributed by atoms with Crippen molar-refractivity contribution in [1.82, 2.24) is 5.32 Å². The molecule has 5 heteroatoms. The first-order valence-corrected chi connectivity index (χ1v) is 8.59. The number of hydrogen-bond acceptors (Lipinski definition) is 4. The van der Waals surface area contributed by atoms with E-state index in [4.69, 9.17) is 4.74 Å². The first-order chi connectivity index (χ1) is 12.3. The molecular formula is C21H26N2O3. The van der Waals surface area contributed by atoms with Crippen LogP contribution in [0.15, 0.2) is 42.5 Å². The molecule has 138 valence electrons. The molecule has 0 saturated heterocycles. The largest absolute Gasteiger partial charge is 0.452 e. The third-order valence-corrected chi connectivity index (χ3v) is 4.36. The summed E-state index contributed by atoms with van der Waals surface area (Å²) in [4.78, 5) is 26.1. The van der Waals surface area contributed by atoms with Crippen molar-refractivity contribution in [3.8, 4) is 0 Å². The van der Waals surface area contributed by atoms with Gasteiger partial charge in [-0.2, -0.15) is 0 Å². The quantitative estimate of drug-likeness (QED) is 0.808. The molecule has 0 spiro atoms. The third kappa shape index (κ3) is 5.09. The van der Waals surface area contributed by atoms with Crippen LogP contribution >= 0.6 is 0 Å². The van der Waals surface area contributed by atoms with E-state index in [0.29, 0.717) is 5.56 Å². The molecule has 0 fully saturated rings. The van der Waals surface area contributed by atoms with Crippen LogP contribution in [-0.4, -0.2) is 32.6 Å². The highest BCUT2D eigenvalue weighted by molar-refractivity contribution is 5.91. The van der Waals surface area contributed by atoms with Gasteiger partial charge in [0, 0.05) is 19.8 Å². The lowest BCUT2D eigenvalue weighted by Crippen LogP contribution is -2.31. The van der Waals surface area contributed by atoms with Gasteiger partial charge in [0.05, 0.1) is 11.6 Å². The summed E-state index contributed by atoms with van der Waals surface area (Å²) in [7, 11) is 3.85. The summed E-state index contributed by atoms with van der Waals surface area (Å²) in [6.07, 6.45) is 0. The Labute approximate surface area is 155 Å². The summed E-state index contributed by atoms with van der Waals surface area (Å²) in [5.41, 5.74) is 4.82. The molecule has 0 bridgehead atoms. The minimum atomic E-state index is -0.510. The number of carbonyl (C=O) groups excluding carboxylic acids is 2. The highest BCUT2D eigenvalue weighted by atomic mass is 16.5. The van der Waals surface area contributed by atoms with Crippen LogP contribution in [0, 0.1) is 13.8 Å². The van der Waals surface area contributed by atoms with Gasteiger partial charge in [0.2, 0.25) is 0 Å². The Balaban J connectivity index is 1.87. The highest BCUT2D eigenvalue weighted by Crippen LogP contribution is 2.17. The van der Waals surface area contributed by atoms with Gasteiger partial charge in [-0.1, -0.05) is 18.2 Å². The Hall–Kier alpha value is -2.82. The zero-order valence-corrected chi connectivity index (χ0v) is 16.0. The van der Waals surface area contributed by atoms with Crippen LogP contribution in [-0.2, 0) is 9.53 Å². The number of hydrogen-bond donors (Lipinski definition) is 1. The van der Waals surface area contributed by atoms with E-state index in [1.807, 2.05) is 64.0 Å². The summed E-state index contributed by atoms with van der Waals surface area (Å²) in [6, 6.07) is 13.0. The van der Waals surface area contributed by atoms with Gasteiger partial charge in [-0.25, -0.2) is 4.79 Å². The Morgan fingerprint density at radius 3 is 2.27 bits per heavy atom. The van der Waals surface area contributed by atoms with Crippen molar-refractivity contribution in [2.45, 2.75) is 26.8 Å². The van der Waals surface area contributed by atoms with Crippen LogP contribution in [0.2, 0.25) is 0 Å². The van der Waals surface area contributed by atoms with Crippen LogP contribution < -0.4 is 10.2 Å². The molecule has 26 heavy (non-hydrogen) atoms. The molecule has 0 aliphatic carbocycles. The molecule has 0 aliphatic heterocycles. The molecule has 0 unspecified atom stereocenters. The molecule has 2 aromatic rings. The van der Waals surface area contributed by atoms with Crippen LogP contribution in [0.4, 0.5) is 5.69 Å². The van der Waals surface area contributed by atoms with E-state index in [0.717, 1.165) is 11.3 Å². The van der Waals surface area contributed by atoms with E-state index >= 15 is 0 Å². The van der Waals surface area contributed by atoms with Crippen molar-refractivity contribution in [1.29, 1.82) is 0 Å². The molecule has 1 amide bonds. The number of nitrogens with one attached hydrogen (secondary N) is 1. The Morgan fingerprint density at radius 1 is 1.04 bits per heavy atom. The summed E-state index contributed by atoms with van der Waals surface area (Å²) < 4.78 is 5.11. The number of ether oxygens (including phenoxy) is 1. The maximum absolute atomic E-state index is 12.1. The van der Waals surface area contributed by atoms with Crippen molar-refractivity contribution in [2.75, 3.05) is 25.6 Å². The summed E-state index contributed by atoms with van der Waals surface area (Å²) in [5.74, 6) is -0.835. The van der Waals surface area contributed by atoms with E-state index in [1.165, 1.54) is 11.1 Å². The fraction of sp³-hybridized carbons (Fsp3) is 0.333. The number of aryl methyl sites for hydroxylation is 2. The van der Waals surface area contributed by atoms with Crippen LogP contribution in [0.3, 0.4) is 0 Å². The summed E-state index contributed by atoms with van der Waals surface area (Å²) >= 11 is 0. The van der Waals surface area contributed by atoms with Crippen molar-refractivity contribution in [2.24, 2.45) is 0 Å². The molecule has 5 nitrogen and oxygen atoms in total. The van der Waals surface area contributed by atoms with E-state index in [9.17, 15) is 9.59 Å². The second-order valence-corrected chi connectivity index (χ2v) is 6.65. The predicted octanol–water partition coefficient (Wildman–Crippen LogP) is 3.40. The summed E-state index contributed by atoms with van der Waals surface area (Å²) in [6.45, 7) is 5.69. The topological polar surface area (TPSA) is 58.6 Å². The zero-order chi connectivity index (χ0) is 19.3. The first-order valence-electron chi connectivity index (χ1n) is 8.59. The average Bonchev–Trinajstić information content (AvgIpc) is 2.62. The maximum atomic E-state index is 12.1. The van der Waals surface area contributed by atoms with Crippen molar-refractivity contribution < 1.29 is 14.3 Å². The van der Waals surface area contributed by atoms with Gasteiger partial charge in [-0.3, -0.25) is 4.79 Å². The number of carbonyl (C=O) groups is 2. The van der Waals surface area contributed by atoms with Crippen LogP contribution in [0.25, 0.3) is 0 Å². The lowest BCUT2D eigenvalue weighted by molar-refractivity contribution is -0.124. The van der Waals surface area contributed by atoms with Gasteiger partial charge < -0.3 is 15.0 Å². The van der Waals surface area contributed by atoms with Gasteiger partial charge in [0.25, 0.3) is 5.91 Å². The molecule has 1 N–H and O–H groups in total. The lowest BCUT2D eigenvalue weighted by atomic mass is 10.0. The number of rotatable bonds is 6. The average molecular weight is 354 g/mol. The highest BCUT2D eigenvalue weighted by Gasteiger charge is 2.13. The minimum absolute atomic E-state index is 0.153. The van der Waals surface area contributed by atoms with E-state index < -0.39 is 5.97 Å². The maximum Gasteiger partial charge on any atom is 0.338 e. The Kier molecular flexibility index (Phi) is 6.39. The fourth-order valence-corrected chi connectivity index (χ4v) is 2.51. The second kappa shape index (κ2) is 8.52. The number of esters is 1. The fourth-order valence-electron chi connectivity index (χ4n) is 2.51. The van der Waals surface area contributed by atoms with Gasteiger partial charge in [-0.15, -0.1) is 0 Å². The zero-order valence-electron chi connectivity index (χ0n) is 16.0. The monoisotopic (exact) mass is 354 g/mol. The molecule has 0 aromatic heterocycles. The van der Waals surface area contributed by atoms with Gasteiger partial charge in [-0.05, 0) is 61.7 Å². The molecule has 0 saturated carbocycles. The third-order valence-electron chi connectivity index (χ3n) is 4.36. The molecule has 0 aliphatic rings. The second-order valence-electron chi connectivity index (χ2n) is 6.65. The smallest absolute Gasteiger partial charge is 0.338 e. The Bertz CT molecular complexity index is 782. The normalized spacial score (nSPS) is 11.6. The molecule has 0 radical (unpaired) electrons. The van der Waals surface area contributed by atoms with E-state index in [-0.39, 0.29) is 18.6 Å². The first kappa shape index (κ1) is 19.5. The molecule has 2 rings (SSSR count). The SMILES string of the molecule is Cc1ccc([C@H](C)NC(=O)COC(=O)c2ccc(N(C)C)cc2)cc1C. The van der Waals surface area contributed by atoms with Gasteiger partial charge in [0.15, 0.2) is 6.61 Å². The molecular weight excluding hydrogens is 328 g/mol. The minimum Gasteiger partial charge on any atom is -0.452 e. The number of anilines is 1. The standard InChI is InChI=1S/C21H26N2O3/c1-14-6-7-18(12-15(14)2)16(3)22-20(24)13-26-21(25)17-8-10-19(11-9-17)23(4)5/h6-12,16H,13H2,1-5H3,(H,22,24)/t16-/m0/s1. The van der Waals surface area contributed by atoms with Gasteiger partial charge in [0.1, 0.15) is 0 Å². The van der Waals surface area contributed by atoms with Crippen LogP contribution in [0.5, 0.6) is 0 Å². The molecule has 2 aromatic carbocycles. The number of benzene rings is 2. The number of amides is 1. The van der Waals surface area contributed by atoms with Crippen LogP contribution in [0.1, 0.15) is 40.0 Å². The molecule has 1 atom stereocenters. The Morgan fingerprint density at radius 2 is 1.69 bits per heavy atom. The predicted molar refractivity (Wildman–Crippen MR) is 104 cm³/mol. The lowest BCUT2D eigenvalue weighted by Gasteiger charge is -2.16. The van der Waals surface area contributed by atoms with E-state index in [2.05, 4.69) is 11.4 Å².